The van der Waals surface area contributed by atoms with Crippen LogP contribution in [0.3, 0.4) is 0 Å². The number of rotatable bonds is 3. The van der Waals surface area contributed by atoms with Crippen molar-refractivity contribution in [3.8, 4) is 11.3 Å². The van der Waals surface area contributed by atoms with Crippen LogP contribution in [0, 0.1) is 5.82 Å². The number of nitrogens with zero attached hydrogens (tertiary/aromatic N) is 2. The van der Waals surface area contributed by atoms with Crippen LogP contribution in [0.1, 0.15) is 24.5 Å². The molecule has 0 radical (unpaired) electrons. The van der Waals surface area contributed by atoms with Gasteiger partial charge in [-0.3, -0.25) is 0 Å². The van der Waals surface area contributed by atoms with Gasteiger partial charge >= 0.3 is 0 Å². The molecule has 2 aromatic rings. The van der Waals surface area contributed by atoms with Crippen LogP contribution in [0.4, 0.5) is 10.2 Å². The second-order valence-corrected chi connectivity index (χ2v) is 4.51. The first-order chi connectivity index (χ1) is 8.78. The topological polar surface area (TPSA) is 37.8 Å². The molecular weight excluding hydrogens is 229 g/mol. The molecule has 1 aliphatic carbocycles. The Bertz CT molecular complexity index is 596. The molecule has 1 heterocycles. The first-order valence-electron chi connectivity index (χ1n) is 6.17. The van der Waals surface area contributed by atoms with Crippen molar-refractivity contribution in [3.05, 3.63) is 41.2 Å². The van der Waals surface area contributed by atoms with Gasteiger partial charge in [0.05, 0.1) is 5.69 Å². The number of hydrogen-bond donors (Lipinski definition) is 1. The Morgan fingerprint density at radius 1 is 1.22 bits per heavy atom. The van der Waals surface area contributed by atoms with Crippen LogP contribution < -0.4 is 5.32 Å². The second kappa shape index (κ2) is 4.37. The summed E-state index contributed by atoms with van der Waals surface area (Å²) in [6.07, 6.45) is 1.78. The molecule has 1 aliphatic rings. The number of hydrogen-bond acceptors (Lipinski definition) is 3. The van der Waals surface area contributed by atoms with Gasteiger partial charge in [-0.2, -0.15) is 0 Å². The molecule has 3 rings (SSSR count). The Morgan fingerprint density at radius 2 is 2.11 bits per heavy atom. The summed E-state index contributed by atoms with van der Waals surface area (Å²) in [5.74, 6) is 0.600. The summed E-state index contributed by atoms with van der Waals surface area (Å²) in [7, 11) is 0. The van der Waals surface area contributed by atoms with E-state index in [-0.39, 0.29) is 5.82 Å². The molecule has 0 bridgehead atoms. The molecule has 18 heavy (non-hydrogen) atoms. The van der Waals surface area contributed by atoms with Gasteiger partial charge in [-0.1, -0.05) is 6.92 Å². The predicted octanol–water partition coefficient (Wildman–Crippen LogP) is 3.01. The Morgan fingerprint density at radius 3 is 2.94 bits per heavy atom. The van der Waals surface area contributed by atoms with Crippen molar-refractivity contribution in [1.82, 2.24) is 10.2 Å². The van der Waals surface area contributed by atoms with Gasteiger partial charge in [-0.15, -0.1) is 10.2 Å². The van der Waals surface area contributed by atoms with E-state index in [2.05, 4.69) is 22.4 Å². The number of nitrogens with one attached hydrogen (secondary N) is 1. The van der Waals surface area contributed by atoms with E-state index in [1.54, 1.807) is 12.1 Å². The van der Waals surface area contributed by atoms with E-state index < -0.39 is 0 Å². The van der Waals surface area contributed by atoms with Crippen LogP contribution in [0.5, 0.6) is 0 Å². The minimum absolute atomic E-state index is 0.196. The number of aromatic nitrogens is 2. The molecule has 3 nitrogen and oxygen atoms in total. The Kier molecular flexibility index (Phi) is 2.70. The van der Waals surface area contributed by atoms with E-state index in [1.165, 1.54) is 6.07 Å². The summed E-state index contributed by atoms with van der Waals surface area (Å²) in [4.78, 5) is 0. The summed E-state index contributed by atoms with van der Waals surface area (Å²) in [6, 6.07) is 6.84. The van der Waals surface area contributed by atoms with Gasteiger partial charge in [0, 0.05) is 18.5 Å². The average Bonchev–Trinajstić information content (AvgIpc) is 2.72. The summed E-state index contributed by atoms with van der Waals surface area (Å²) >= 11 is 0. The fraction of sp³-hybridized carbons (Fsp3) is 0.286. The number of anilines is 1. The maximum Gasteiger partial charge on any atom is 0.148 e. The van der Waals surface area contributed by atoms with Crippen LogP contribution >= 0.6 is 0 Å². The maximum absolute atomic E-state index is 13.2. The number of halogens is 1. The Labute approximate surface area is 105 Å². The quantitative estimate of drug-likeness (QED) is 0.768. The van der Waals surface area contributed by atoms with Gasteiger partial charge in [0.1, 0.15) is 11.6 Å². The van der Waals surface area contributed by atoms with Gasteiger partial charge in [0.15, 0.2) is 0 Å². The van der Waals surface area contributed by atoms with Gasteiger partial charge in [-0.05, 0) is 41.8 Å². The molecule has 0 atom stereocenters. The molecule has 92 valence electrons. The Balaban J connectivity index is 1.96. The molecule has 1 aromatic carbocycles. The summed E-state index contributed by atoms with van der Waals surface area (Å²) in [5, 5.41) is 11.6. The van der Waals surface area contributed by atoms with Crippen molar-refractivity contribution in [3.63, 3.8) is 0 Å². The lowest BCUT2D eigenvalue weighted by atomic mass is 10.1. The van der Waals surface area contributed by atoms with E-state index in [9.17, 15) is 4.39 Å². The Hall–Kier alpha value is -1.97. The zero-order valence-electron chi connectivity index (χ0n) is 10.2. The third-order valence-corrected chi connectivity index (χ3v) is 3.13. The second-order valence-electron chi connectivity index (χ2n) is 4.51. The minimum Gasteiger partial charge on any atom is -0.369 e. The lowest BCUT2D eigenvalue weighted by molar-refractivity contribution is 0.626. The molecule has 0 amide bonds. The fourth-order valence-electron chi connectivity index (χ4n) is 2.28. The van der Waals surface area contributed by atoms with Gasteiger partial charge in [0.2, 0.25) is 0 Å². The normalized spacial score (nSPS) is 12.1. The predicted molar refractivity (Wildman–Crippen MR) is 69.0 cm³/mol. The van der Waals surface area contributed by atoms with E-state index >= 15 is 0 Å². The highest BCUT2D eigenvalue weighted by Gasteiger charge is 2.21. The maximum atomic E-state index is 13.2. The van der Waals surface area contributed by atoms with E-state index in [1.807, 2.05) is 6.07 Å². The van der Waals surface area contributed by atoms with E-state index in [0.29, 0.717) is 0 Å². The largest absolute Gasteiger partial charge is 0.369 e. The number of benzene rings is 1. The molecule has 4 heteroatoms. The highest BCUT2D eigenvalue weighted by Crippen LogP contribution is 2.35. The molecular formula is C14H14FN3. The van der Waals surface area contributed by atoms with Crippen LogP contribution in [0.25, 0.3) is 11.3 Å². The minimum atomic E-state index is -0.196. The highest BCUT2D eigenvalue weighted by atomic mass is 19.1. The zero-order valence-corrected chi connectivity index (χ0v) is 10.2. The standard InChI is InChI=1S/C14H14FN3/c1-2-5-16-13-8-10-6-9-7-11(15)3-4-12(9)14(10)18-17-13/h3-4,7-8H,2,5-6H2,1H3,(H,16,17). The molecule has 0 aliphatic heterocycles. The first kappa shape index (κ1) is 11.1. The van der Waals surface area contributed by atoms with Crippen molar-refractivity contribution < 1.29 is 4.39 Å². The smallest absolute Gasteiger partial charge is 0.148 e. The molecule has 0 spiro atoms. The van der Waals surface area contributed by atoms with Crippen LogP contribution in [-0.2, 0) is 6.42 Å². The van der Waals surface area contributed by atoms with Gasteiger partial charge < -0.3 is 5.32 Å². The monoisotopic (exact) mass is 243 g/mol. The first-order valence-corrected chi connectivity index (χ1v) is 6.17. The molecule has 0 fully saturated rings. The van der Waals surface area contributed by atoms with Crippen LogP contribution in [0.15, 0.2) is 24.3 Å². The van der Waals surface area contributed by atoms with Crippen LogP contribution in [-0.4, -0.2) is 16.7 Å². The van der Waals surface area contributed by atoms with E-state index in [0.717, 1.165) is 47.6 Å². The number of fused-ring (bicyclic) bond motifs is 3. The summed E-state index contributed by atoms with van der Waals surface area (Å²) < 4.78 is 13.2. The molecule has 1 aromatic heterocycles. The summed E-state index contributed by atoms with van der Waals surface area (Å²) in [6.45, 7) is 2.99. The fourth-order valence-corrected chi connectivity index (χ4v) is 2.28. The van der Waals surface area contributed by atoms with Crippen molar-refractivity contribution >= 4 is 5.82 Å². The average molecular weight is 243 g/mol. The van der Waals surface area contributed by atoms with E-state index in [4.69, 9.17) is 0 Å². The van der Waals surface area contributed by atoms with Crippen LogP contribution in [0.2, 0.25) is 0 Å². The molecule has 0 unspecified atom stereocenters. The van der Waals surface area contributed by atoms with Gasteiger partial charge in [0.25, 0.3) is 0 Å². The van der Waals surface area contributed by atoms with Crippen molar-refractivity contribution in [2.24, 2.45) is 0 Å². The molecule has 0 saturated heterocycles. The molecule has 1 N–H and O–H groups in total. The van der Waals surface area contributed by atoms with Crippen molar-refractivity contribution in [2.45, 2.75) is 19.8 Å². The lowest BCUT2D eigenvalue weighted by Crippen LogP contribution is -2.03. The third-order valence-electron chi connectivity index (χ3n) is 3.13. The lowest BCUT2D eigenvalue weighted by Gasteiger charge is -2.04. The highest BCUT2D eigenvalue weighted by molar-refractivity contribution is 5.73. The third kappa shape index (κ3) is 1.83. The SMILES string of the molecule is CCCNc1cc2c(nn1)-c1ccc(F)cc1C2. The summed E-state index contributed by atoms with van der Waals surface area (Å²) in [5.41, 5.74) is 3.99. The van der Waals surface area contributed by atoms with Crippen molar-refractivity contribution in [2.75, 3.05) is 11.9 Å². The van der Waals surface area contributed by atoms with Crippen molar-refractivity contribution in [1.29, 1.82) is 0 Å². The zero-order chi connectivity index (χ0) is 12.5. The van der Waals surface area contributed by atoms with Gasteiger partial charge in [-0.25, -0.2) is 4.39 Å². The molecule has 0 saturated carbocycles.